The van der Waals surface area contributed by atoms with Crippen molar-refractivity contribution in [2.24, 2.45) is 17.6 Å². The molecule has 7 heteroatoms. The number of pyridine rings is 1. The number of Topliss-reactive ketones (excluding diaryl/α,β-unsaturated/α-hetero) is 1. The van der Waals surface area contributed by atoms with Gasteiger partial charge in [-0.05, 0) is 62.1 Å². The maximum Gasteiger partial charge on any atom is 0.252 e. The first-order valence-corrected chi connectivity index (χ1v) is 11.0. The van der Waals surface area contributed by atoms with Crippen LogP contribution < -0.4 is 5.73 Å². The van der Waals surface area contributed by atoms with Crippen molar-refractivity contribution in [1.82, 2.24) is 15.0 Å². The molecular weight excluding hydrogens is 419 g/mol. The Labute approximate surface area is 190 Å². The van der Waals surface area contributed by atoms with Gasteiger partial charge in [0.05, 0.1) is 17.0 Å². The van der Waals surface area contributed by atoms with Gasteiger partial charge in [-0.15, -0.1) is 0 Å². The first-order chi connectivity index (χ1) is 15.8. The van der Waals surface area contributed by atoms with E-state index < -0.39 is 5.91 Å². The van der Waals surface area contributed by atoms with Crippen LogP contribution in [0.3, 0.4) is 0 Å². The van der Waals surface area contributed by atoms with Crippen molar-refractivity contribution >= 4 is 11.7 Å². The highest BCUT2D eigenvalue weighted by Crippen LogP contribution is 2.47. The lowest BCUT2D eigenvalue weighted by Gasteiger charge is -2.38. The second-order valence-electron chi connectivity index (χ2n) is 8.78. The van der Waals surface area contributed by atoms with Crippen molar-refractivity contribution in [2.75, 3.05) is 0 Å². The Balaban J connectivity index is 1.76. The predicted molar refractivity (Wildman–Crippen MR) is 121 cm³/mol. The van der Waals surface area contributed by atoms with Gasteiger partial charge in [0.2, 0.25) is 0 Å². The van der Waals surface area contributed by atoms with E-state index in [1.165, 1.54) is 12.1 Å². The lowest BCUT2D eigenvalue weighted by Crippen LogP contribution is -2.38. The van der Waals surface area contributed by atoms with Crippen molar-refractivity contribution in [3.05, 3.63) is 77.0 Å². The standard InChI is InChI=1S/C26H23FN4O2/c1-13-11-16(9-10-29-13)26-30-22(15-3-5-17(27)6-4-15)19-8-7-18-14(2)24(32)21(25(28)33)12-20(18)23(19)31-26/h3-6,9-12,14,18,20H,7-8H2,1-2H3,(H2,28,33). The average Bonchev–Trinajstić information content (AvgIpc) is 2.80. The van der Waals surface area contributed by atoms with E-state index in [-0.39, 0.29) is 34.9 Å². The van der Waals surface area contributed by atoms with Gasteiger partial charge in [-0.25, -0.2) is 14.4 Å². The van der Waals surface area contributed by atoms with Crippen LogP contribution in [0.1, 0.15) is 36.2 Å². The van der Waals surface area contributed by atoms with E-state index in [0.717, 1.165) is 40.2 Å². The Hall–Kier alpha value is -3.74. The number of hydrogen-bond acceptors (Lipinski definition) is 5. The number of allylic oxidation sites excluding steroid dienone is 1. The molecule has 3 unspecified atom stereocenters. The van der Waals surface area contributed by atoms with E-state index in [2.05, 4.69) is 4.98 Å². The molecule has 5 rings (SSSR count). The zero-order valence-corrected chi connectivity index (χ0v) is 18.4. The number of halogens is 1. The van der Waals surface area contributed by atoms with Gasteiger partial charge in [0, 0.05) is 40.4 Å². The second kappa shape index (κ2) is 7.99. The lowest BCUT2D eigenvalue weighted by atomic mass is 9.65. The zero-order valence-electron chi connectivity index (χ0n) is 18.4. The summed E-state index contributed by atoms with van der Waals surface area (Å²) in [5.74, 6) is -1.24. The third-order valence-electron chi connectivity index (χ3n) is 6.75. The summed E-state index contributed by atoms with van der Waals surface area (Å²) < 4.78 is 13.6. The molecule has 3 aromatic rings. The van der Waals surface area contributed by atoms with Crippen molar-refractivity contribution in [3.8, 4) is 22.6 Å². The maximum atomic E-state index is 13.6. The molecule has 6 nitrogen and oxygen atoms in total. The largest absolute Gasteiger partial charge is 0.365 e. The summed E-state index contributed by atoms with van der Waals surface area (Å²) >= 11 is 0. The van der Waals surface area contributed by atoms with Crippen LogP contribution in [0.15, 0.2) is 54.2 Å². The summed E-state index contributed by atoms with van der Waals surface area (Å²) in [7, 11) is 0. The number of aryl methyl sites for hydroxylation is 1. The first kappa shape index (κ1) is 21.1. The third-order valence-corrected chi connectivity index (χ3v) is 6.75. The number of nitrogens with two attached hydrogens (primary N) is 1. The van der Waals surface area contributed by atoms with Crippen molar-refractivity contribution < 1.29 is 14.0 Å². The van der Waals surface area contributed by atoms with E-state index in [0.29, 0.717) is 12.2 Å². The van der Waals surface area contributed by atoms with Gasteiger partial charge in [0.15, 0.2) is 11.6 Å². The summed E-state index contributed by atoms with van der Waals surface area (Å²) in [5.41, 5.74) is 10.5. The number of ketones is 1. The molecule has 2 aliphatic carbocycles. The van der Waals surface area contributed by atoms with Crippen LogP contribution in [0.25, 0.3) is 22.6 Å². The SMILES string of the molecule is Cc1cc(-c2nc(-c3ccc(F)cc3)c3c(n2)C2C=C(C(N)=O)C(=O)C(C)C2CC3)ccn1. The Morgan fingerprint density at radius 3 is 2.58 bits per heavy atom. The summed E-state index contributed by atoms with van der Waals surface area (Å²) in [5, 5.41) is 0. The van der Waals surface area contributed by atoms with Gasteiger partial charge >= 0.3 is 0 Å². The zero-order chi connectivity index (χ0) is 23.3. The third kappa shape index (κ3) is 3.63. The van der Waals surface area contributed by atoms with Crippen molar-refractivity contribution in [2.45, 2.75) is 32.6 Å². The highest BCUT2D eigenvalue weighted by molar-refractivity contribution is 6.20. The van der Waals surface area contributed by atoms with Crippen molar-refractivity contribution in [3.63, 3.8) is 0 Å². The second-order valence-corrected chi connectivity index (χ2v) is 8.78. The number of nitrogens with zero attached hydrogens (tertiary/aromatic N) is 3. The summed E-state index contributed by atoms with van der Waals surface area (Å²) in [4.78, 5) is 38.8. The Kier molecular flexibility index (Phi) is 5.12. The topological polar surface area (TPSA) is 98.8 Å². The molecule has 3 atom stereocenters. The quantitative estimate of drug-likeness (QED) is 0.620. The van der Waals surface area contributed by atoms with E-state index in [9.17, 15) is 14.0 Å². The fourth-order valence-electron chi connectivity index (χ4n) is 5.05. The molecule has 0 spiro atoms. The van der Waals surface area contributed by atoms with E-state index in [1.807, 2.05) is 26.0 Å². The number of carbonyl (C=O) groups is 2. The lowest BCUT2D eigenvalue weighted by molar-refractivity contribution is -0.125. The van der Waals surface area contributed by atoms with Crippen LogP contribution in [0.2, 0.25) is 0 Å². The number of amides is 1. The molecule has 0 fully saturated rings. The molecule has 0 aliphatic heterocycles. The molecule has 2 aromatic heterocycles. The number of primary amides is 1. The number of fused-ring (bicyclic) bond motifs is 3. The van der Waals surface area contributed by atoms with Gasteiger partial charge in [-0.1, -0.05) is 13.0 Å². The normalized spacial score (nSPS) is 21.7. The average molecular weight is 442 g/mol. The predicted octanol–water partition coefficient (Wildman–Crippen LogP) is 3.93. The Morgan fingerprint density at radius 2 is 1.88 bits per heavy atom. The van der Waals surface area contributed by atoms with E-state index >= 15 is 0 Å². The molecule has 2 heterocycles. The number of rotatable bonds is 3. The molecule has 1 aromatic carbocycles. The van der Waals surface area contributed by atoms with Gasteiger partial charge in [-0.2, -0.15) is 0 Å². The molecule has 0 bridgehead atoms. The van der Waals surface area contributed by atoms with Crippen LogP contribution in [0.4, 0.5) is 4.39 Å². The van der Waals surface area contributed by atoms with Crippen LogP contribution in [-0.4, -0.2) is 26.6 Å². The van der Waals surface area contributed by atoms with Gasteiger partial charge in [0.1, 0.15) is 5.82 Å². The van der Waals surface area contributed by atoms with Crippen molar-refractivity contribution in [1.29, 1.82) is 0 Å². The molecule has 0 saturated heterocycles. The van der Waals surface area contributed by atoms with Crippen LogP contribution in [0.5, 0.6) is 0 Å². The molecular formula is C26H23FN4O2. The monoisotopic (exact) mass is 442 g/mol. The smallest absolute Gasteiger partial charge is 0.252 e. The first-order valence-electron chi connectivity index (χ1n) is 11.0. The van der Waals surface area contributed by atoms with E-state index in [4.69, 9.17) is 15.7 Å². The maximum absolute atomic E-state index is 13.6. The number of benzene rings is 1. The van der Waals surface area contributed by atoms with Gasteiger partial charge in [-0.3, -0.25) is 14.6 Å². The molecule has 1 amide bonds. The highest BCUT2D eigenvalue weighted by Gasteiger charge is 2.43. The molecule has 2 N–H and O–H groups in total. The van der Waals surface area contributed by atoms with Crippen LogP contribution in [-0.2, 0) is 16.0 Å². The minimum absolute atomic E-state index is 0.0242. The highest BCUT2D eigenvalue weighted by atomic mass is 19.1. The number of carbonyl (C=O) groups excluding carboxylic acids is 2. The summed E-state index contributed by atoms with van der Waals surface area (Å²) in [6.07, 6.45) is 4.85. The Bertz CT molecular complexity index is 1320. The molecule has 2 aliphatic rings. The fraction of sp³-hybridized carbons (Fsp3) is 0.269. The number of hydrogen-bond donors (Lipinski definition) is 1. The summed E-state index contributed by atoms with van der Waals surface area (Å²) in [6, 6.07) is 10.0. The summed E-state index contributed by atoms with van der Waals surface area (Å²) in [6.45, 7) is 3.76. The van der Waals surface area contributed by atoms with Gasteiger partial charge < -0.3 is 5.73 Å². The minimum Gasteiger partial charge on any atom is -0.365 e. The Morgan fingerprint density at radius 1 is 1.12 bits per heavy atom. The van der Waals surface area contributed by atoms with Crippen LogP contribution >= 0.6 is 0 Å². The molecule has 0 saturated carbocycles. The molecule has 33 heavy (non-hydrogen) atoms. The van der Waals surface area contributed by atoms with E-state index in [1.54, 1.807) is 24.4 Å². The van der Waals surface area contributed by atoms with Crippen LogP contribution in [0, 0.1) is 24.6 Å². The van der Waals surface area contributed by atoms with Gasteiger partial charge in [0.25, 0.3) is 5.91 Å². The fourth-order valence-corrected chi connectivity index (χ4v) is 5.05. The molecule has 166 valence electrons. The molecule has 0 radical (unpaired) electrons. The number of aromatic nitrogens is 3. The minimum atomic E-state index is -0.713.